The predicted octanol–water partition coefficient (Wildman–Crippen LogP) is 3.54. The van der Waals surface area contributed by atoms with E-state index >= 15 is 0 Å². The van der Waals surface area contributed by atoms with Crippen LogP contribution in [0, 0.1) is 5.82 Å². The normalized spacial score (nSPS) is 14.1. The molecular weight excluding hydrogens is 373 g/mol. The average Bonchev–Trinajstić information content (AvgIpc) is 3.17. The van der Waals surface area contributed by atoms with E-state index in [9.17, 15) is 9.18 Å². The number of carbonyl (C=O) groups is 1. The van der Waals surface area contributed by atoms with Crippen molar-refractivity contribution in [3.8, 4) is 17.0 Å². The number of nitrogens with one attached hydrogen (secondary N) is 1. The van der Waals surface area contributed by atoms with Gasteiger partial charge in [0.1, 0.15) is 23.5 Å². The number of benzene rings is 1. The molecule has 0 bridgehead atoms. The van der Waals surface area contributed by atoms with E-state index in [0.29, 0.717) is 35.7 Å². The molecule has 0 spiro atoms. The van der Waals surface area contributed by atoms with Gasteiger partial charge in [0.05, 0.1) is 12.8 Å². The second-order valence-corrected chi connectivity index (χ2v) is 7.11. The number of aromatic amines is 1. The summed E-state index contributed by atoms with van der Waals surface area (Å²) in [6, 6.07) is 6.34. The molecule has 0 saturated heterocycles. The van der Waals surface area contributed by atoms with Gasteiger partial charge in [-0.15, -0.1) is 0 Å². The Morgan fingerprint density at radius 1 is 1.28 bits per heavy atom. The number of methoxy groups -OCH3 is 1. The van der Waals surface area contributed by atoms with Gasteiger partial charge in [-0.2, -0.15) is 0 Å². The number of rotatable bonds is 3. The number of aromatic nitrogens is 3. The summed E-state index contributed by atoms with van der Waals surface area (Å²) >= 11 is 0. The molecule has 0 aliphatic carbocycles. The molecule has 8 heteroatoms. The minimum atomic E-state index is -0.357. The molecule has 0 saturated carbocycles. The zero-order chi connectivity index (χ0) is 20.5. The molecule has 1 aliphatic heterocycles. The summed E-state index contributed by atoms with van der Waals surface area (Å²) < 4.78 is 19.3. The van der Waals surface area contributed by atoms with Crippen molar-refractivity contribution in [2.75, 3.05) is 34.3 Å². The Morgan fingerprint density at radius 2 is 2.10 bits per heavy atom. The highest BCUT2D eigenvalue weighted by Gasteiger charge is 2.21. The van der Waals surface area contributed by atoms with Gasteiger partial charge in [-0.25, -0.2) is 19.2 Å². The van der Waals surface area contributed by atoms with E-state index in [2.05, 4.69) is 15.0 Å². The first-order valence-corrected chi connectivity index (χ1v) is 9.31. The zero-order valence-electron chi connectivity index (χ0n) is 16.6. The smallest absolute Gasteiger partial charge is 0.319 e. The lowest BCUT2D eigenvalue weighted by Gasteiger charge is -2.28. The first-order chi connectivity index (χ1) is 14.0. The van der Waals surface area contributed by atoms with E-state index in [1.165, 1.54) is 18.5 Å². The van der Waals surface area contributed by atoms with Gasteiger partial charge in [0, 0.05) is 43.8 Å². The second kappa shape index (κ2) is 7.54. The number of amides is 2. The molecule has 1 aromatic carbocycles. The number of H-pyrrole nitrogens is 1. The fourth-order valence-corrected chi connectivity index (χ4v) is 3.56. The number of hydrogen-bond donors (Lipinski definition) is 1. The number of fused-ring (bicyclic) bond motifs is 1. The van der Waals surface area contributed by atoms with Crippen molar-refractivity contribution in [2.24, 2.45) is 0 Å². The van der Waals surface area contributed by atoms with Gasteiger partial charge in [0.25, 0.3) is 0 Å². The van der Waals surface area contributed by atoms with Crippen molar-refractivity contribution in [1.29, 1.82) is 0 Å². The molecule has 0 fully saturated rings. The van der Waals surface area contributed by atoms with E-state index in [-0.39, 0.29) is 11.8 Å². The topological polar surface area (TPSA) is 74.4 Å². The molecule has 0 radical (unpaired) electrons. The largest absolute Gasteiger partial charge is 0.496 e. The molecular formula is C21H22FN5O2. The number of halogens is 1. The quantitative estimate of drug-likeness (QED) is 0.736. The van der Waals surface area contributed by atoms with Gasteiger partial charge in [-0.3, -0.25) is 0 Å². The van der Waals surface area contributed by atoms with Gasteiger partial charge >= 0.3 is 6.03 Å². The summed E-state index contributed by atoms with van der Waals surface area (Å²) in [6.07, 6.45) is 4.24. The summed E-state index contributed by atoms with van der Waals surface area (Å²) in [5.41, 5.74) is 3.89. The zero-order valence-corrected chi connectivity index (χ0v) is 16.6. The van der Waals surface area contributed by atoms with Crippen LogP contribution in [0.5, 0.6) is 5.75 Å². The standard InChI is InChI=1S/C21H22FN5O2/c1-26(2)21(28)27-8-6-13(7-9-27)17-11-16-19(23-12-24-20(16)25-17)15-10-14(22)4-5-18(15)29-3/h4-6,10-12H,7-9H2,1-3H3,(H,23,24,25). The second-order valence-electron chi connectivity index (χ2n) is 7.11. The van der Waals surface area contributed by atoms with E-state index in [0.717, 1.165) is 23.1 Å². The lowest BCUT2D eigenvalue weighted by molar-refractivity contribution is 0.176. The van der Waals surface area contributed by atoms with Gasteiger partial charge in [-0.05, 0) is 36.3 Å². The number of ether oxygens (including phenoxy) is 1. The Labute approximate surface area is 167 Å². The number of urea groups is 1. The molecule has 2 aromatic heterocycles. The van der Waals surface area contributed by atoms with Crippen LogP contribution in [0.4, 0.5) is 9.18 Å². The minimum Gasteiger partial charge on any atom is -0.496 e. The van der Waals surface area contributed by atoms with Crippen LogP contribution in [0.25, 0.3) is 27.9 Å². The molecule has 7 nitrogen and oxygen atoms in total. The molecule has 4 rings (SSSR count). The van der Waals surface area contributed by atoms with Crippen LogP contribution in [0.1, 0.15) is 12.1 Å². The van der Waals surface area contributed by atoms with Gasteiger partial charge in [0.15, 0.2) is 0 Å². The van der Waals surface area contributed by atoms with Crippen molar-refractivity contribution in [2.45, 2.75) is 6.42 Å². The summed E-state index contributed by atoms with van der Waals surface area (Å²) in [5, 5.41) is 0.791. The van der Waals surface area contributed by atoms with Crippen LogP contribution >= 0.6 is 0 Å². The molecule has 2 amide bonds. The predicted molar refractivity (Wildman–Crippen MR) is 109 cm³/mol. The Balaban J connectivity index is 1.71. The summed E-state index contributed by atoms with van der Waals surface area (Å²) in [7, 11) is 5.05. The van der Waals surface area contributed by atoms with Crippen LogP contribution in [0.3, 0.4) is 0 Å². The fourth-order valence-electron chi connectivity index (χ4n) is 3.56. The van der Waals surface area contributed by atoms with Crippen LogP contribution in [-0.4, -0.2) is 65.1 Å². The van der Waals surface area contributed by atoms with E-state index in [1.54, 1.807) is 37.1 Å². The lowest BCUT2D eigenvalue weighted by atomic mass is 10.0. The Morgan fingerprint density at radius 3 is 2.79 bits per heavy atom. The maximum absolute atomic E-state index is 13.9. The van der Waals surface area contributed by atoms with Gasteiger partial charge in [0.2, 0.25) is 0 Å². The summed E-state index contributed by atoms with van der Waals surface area (Å²) in [6.45, 7) is 1.20. The van der Waals surface area contributed by atoms with Crippen molar-refractivity contribution >= 4 is 22.6 Å². The Hall–Kier alpha value is -3.42. The summed E-state index contributed by atoms with van der Waals surface area (Å²) in [5.74, 6) is 0.188. The lowest BCUT2D eigenvalue weighted by Crippen LogP contribution is -2.41. The number of nitrogens with zero attached hydrogens (tertiary/aromatic N) is 4. The molecule has 1 aliphatic rings. The van der Waals surface area contributed by atoms with Crippen molar-refractivity contribution in [3.05, 3.63) is 48.2 Å². The highest BCUT2D eigenvalue weighted by atomic mass is 19.1. The average molecular weight is 395 g/mol. The first kappa shape index (κ1) is 18.9. The molecule has 3 heterocycles. The third kappa shape index (κ3) is 3.53. The SMILES string of the molecule is COc1ccc(F)cc1-c1ncnc2[nH]c(C3=CCN(C(=O)N(C)C)CC3)cc12. The van der Waals surface area contributed by atoms with E-state index in [4.69, 9.17) is 4.74 Å². The first-order valence-electron chi connectivity index (χ1n) is 9.31. The van der Waals surface area contributed by atoms with Crippen LogP contribution < -0.4 is 4.74 Å². The highest BCUT2D eigenvalue weighted by molar-refractivity contribution is 5.94. The molecule has 0 atom stereocenters. The van der Waals surface area contributed by atoms with Crippen LogP contribution in [0.2, 0.25) is 0 Å². The molecule has 3 aromatic rings. The van der Waals surface area contributed by atoms with Crippen molar-refractivity contribution < 1.29 is 13.9 Å². The highest BCUT2D eigenvalue weighted by Crippen LogP contribution is 2.35. The van der Waals surface area contributed by atoms with Crippen molar-refractivity contribution in [1.82, 2.24) is 24.8 Å². The van der Waals surface area contributed by atoms with Crippen molar-refractivity contribution in [3.63, 3.8) is 0 Å². The van der Waals surface area contributed by atoms with Gasteiger partial charge < -0.3 is 19.5 Å². The van der Waals surface area contributed by atoms with Gasteiger partial charge in [-0.1, -0.05) is 6.08 Å². The van der Waals surface area contributed by atoms with Crippen LogP contribution in [-0.2, 0) is 0 Å². The third-order valence-electron chi connectivity index (χ3n) is 5.05. The molecule has 29 heavy (non-hydrogen) atoms. The molecule has 150 valence electrons. The Kier molecular flexibility index (Phi) is 4.92. The number of hydrogen-bond acceptors (Lipinski definition) is 4. The Bertz CT molecular complexity index is 1110. The van der Waals surface area contributed by atoms with E-state index in [1.807, 2.05) is 12.1 Å². The number of carbonyl (C=O) groups excluding carboxylic acids is 1. The maximum atomic E-state index is 13.9. The monoisotopic (exact) mass is 395 g/mol. The van der Waals surface area contributed by atoms with E-state index < -0.39 is 0 Å². The maximum Gasteiger partial charge on any atom is 0.319 e. The fraction of sp³-hybridized carbons (Fsp3) is 0.286. The minimum absolute atomic E-state index is 0.00305. The molecule has 0 unspecified atom stereocenters. The van der Waals surface area contributed by atoms with Crippen LogP contribution in [0.15, 0.2) is 36.7 Å². The molecule has 1 N–H and O–H groups in total. The summed E-state index contributed by atoms with van der Waals surface area (Å²) in [4.78, 5) is 27.5. The third-order valence-corrected chi connectivity index (χ3v) is 5.05.